The fraction of sp³-hybridized carbons (Fsp3) is 0.469. The third-order valence-electron chi connectivity index (χ3n) is 8.72. The lowest BCUT2D eigenvalue weighted by atomic mass is 9.71. The van der Waals surface area contributed by atoms with E-state index in [0.717, 1.165) is 73.6 Å². The molecule has 0 saturated carbocycles. The number of benzene rings is 1. The Hall–Kier alpha value is -3.45. The van der Waals surface area contributed by atoms with E-state index in [2.05, 4.69) is 71.6 Å². The molecule has 206 valence electrons. The van der Waals surface area contributed by atoms with Crippen LogP contribution < -0.4 is 10.9 Å². The van der Waals surface area contributed by atoms with Gasteiger partial charge in [0, 0.05) is 22.9 Å². The number of aromatic amines is 1. The minimum atomic E-state index is -0.144. The maximum absolute atomic E-state index is 13.8. The van der Waals surface area contributed by atoms with Crippen LogP contribution in [0.4, 0.5) is 0 Å². The minimum absolute atomic E-state index is 0.0764. The Morgan fingerprint density at radius 2 is 1.97 bits per heavy atom. The van der Waals surface area contributed by atoms with Gasteiger partial charge in [-0.2, -0.15) is 5.10 Å². The van der Waals surface area contributed by atoms with E-state index in [-0.39, 0.29) is 22.9 Å². The van der Waals surface area contributed by atoms with E-state index in [1.54, 1.807) is 6.20 Å². The summed E-state index contributed by atoms with van der Waals surface area (Å²) in [6, 6.07) is 4.08. The fourth-order valence-electron chi connectivity index (χ4n) is 6.24. The van der Waals surface area contributed by atoms with Crippen LogP contribution in [0.25, 0.3) is 21.8 Å². The molecule has 1 fully saturated rings. The van der Waals surface area contributed by atoms with Gasteiger partial charge in [0.15, 0.2) is 0 Å². The molecule has 1 atom stereocenters. The lowest BCUT2D eigenvalue weighted by Gasteiger charge is -2.42. The van der Waals surface area contributed by atoms with Crippen LogP contribution >= 0.6 is 0 Å². The summed E-state index contributed by atoms with van der Waals surface area (Å²) in [4.78, 5) is 32.0. The molecule has 3 aromatic rings. The predicted octanol–water partition coefficient (Wildman–Crippen LogP) is 5.82. The predicted molar refractivity (Wildman–Crippen MR) is 159 cm³/mol. The largest absolute Gasteiger partial charge is 0.351 e. The van der Waals surface area contributed by atoms with Crippen LogP contribution in [0.15, 0.2) is 59.1 Å². The molecule has 1 aliphatic heterocycles. The summed E-state index contributed by atoms with van der Waals surface area (Å²) in [5.41, 5.74) is 4.09. The van der Waals surface area contributed by atoms with Gasteiger partial charge in [-0.3, -0.25) is 14.3 Å². The normalized spacial score (nSPS) is 18.3. The van der Waals surface area contributed by atoms with Gasteiger partial charge < -0.3 is 15.2 Å². The first-order valence-electron chi connectivity index (χ1n) is 14.4. The average molecular weight is 528 g/mol. The second kappa shape index (κ2) is 11.3. The number of fused-ring (bicyclic) bond motifs is 3. The van der Waals surface area contributed by atoms with Crippen molar-refractivity contribution in [3.63, 3.8) is 0 Å². The number of nitrogens with zero attached hydrogens (tertiary/aromatic N) is 3. The second-order valence-corrected chi connectivity index (χ2v) is 11.3. The van der Waals surface area contributed by atoms with Crippen LogP contribution in [0.3, 0.4) is 0 Å². The Morgan fingerprint density at radius 1 is 1.18 bits per heavy atom. The number of hydrogen-bond acceptors (Lipinski definition) is 4. The van der Waals surface area contributed by atoms with Crippen molar-refractivity contribution in [1.29, 1.82) is 0 Å². The molecular formula is C32H41N5O2. The minimum Gasteiger partial charge on any atom is -0.351 e. The van der Waals surface area contributed by atoms with Crippen LogP contribution in [-0.2, 0) is 0 Å². The summed E-state index contributed by atoms with van der Waals surface area (Å²) in [6.07, 6.45) is 18.5. The van der Waals surface area contributed by atoms with Gasteiger partial charge in [0.1, 0.15) is 0 Å². The van der Waals surface area contributed by atoms with Crippen molar-refractivity contribution >= 4 is 27.7 Å². The lowest BCUT2D eigenvalue weighted by Crippen LogP contribution is -2.46. The number of aromatic nitrogens is 3. The summed E-state index contributed by atoms with van der Waals surface area (Å²) in [6.45, 7) is 8.86. The summed E-state index contributed by atoms with van der Waals surface area (Å²) in [5, 5.41) is 9.39. The molecule has 7 heteroatoms. The first-order chi connectivity index (χ1) is 18.9. The number of pyridine rings is 1. The van der Waals surface area contributed by atoms with Crippen molar-refractivity contribution in [3.05, 3.63) is 75.8 Å². The topological polar surface area (TPSA) is 83.0 Å². The molecule has 1 saturated heterocycles. The Morgan fingerprint density at radius 3 is 2.72 bits per heavy atom. The third-order valence-corrected chi connectivity index (χ3v) is 8.72. The number of likely N-dealkylation sites (tertiary alicyclic amines) is 1. The molecule has 0 radical (unpaired) electrons. The van der Waals surface area contributed by atoms with Crippen molar-refractivity contribution in [2.75, 3.05) is 26.7 Å². The zero-order valence-electron chi connectivity index (χ0n) is 23.7. The van der Waals surface area contributed by atoms with Crippen LogP contribution in [-0.4, -0.2) is 52.3 Å². The SMILES string of the molecule is CCCC(CC)n1ncc2c(=O)[nH]c3cc(C)c(C(=O)NCC4(C5=CC=CCC=C5)CCN(C)CC4)cc3c21. The highest BCUT2D eigenvalue weighted by molar-refractivity contribution is 6.07. The zero-order valence-corrected chi connectivity index (χ0v) is 23.7. The van der Waals surface area contributed by atoms with Crippen molar-refractivity contribution in [1.82, 2.24) is 25.0 Å². The first-order valence-corrected chi connectivity index (χ1v) is 14.4. The Bertz CT molecular complexity index is 1510. The van der Waals surface area contributed by atoms with E-state index in [1.807, 2.05) is 23.7 Å². The number of rotatable bonds is 8. The number of nitrogens with one attached hydrogen (secondary N) is 2. The third kappa shape index (κ3) is 5.24. The molecule has 1 aliphatic carbocycles. The number of hydrogen-bond donors (Lipinski definition) is 2. The molecule has 2 aromatic heterocycles. The van der Waals surface area contributed by atoms with Gasteiger partial charge in [0.2, 0.25) is 0 Å². The number of carbonyl (C=O) groups excluding carboxylic acids is 1. The van der Waals surface area contributed by atoms with Crippen molar-refractivity contribution in [2.24, 2.45) is 5.41 Å². The highest BCUT2D eigenvalue weighted by Crippen LogP contribution is 2.39. The molecule has 5 rings (SSSR count). The molecular weight excluding hydrogens is 486 g/mol. The van der Waals surface area contributed by atoms with Gasteiger partial charge in [-0.15, -0.1) is 0 Å². The quantitative estimate of drug-likeness (QED) is 0.387. The summed E-state index contributed by atoms with van der Waals surface area (Å²) in [7, 11) is 2.16. The van der Waals surface area contributed by atoms with Gasteiger partial charge in [-0.1, -0.05) is 50.6 Å². The number of piperidine rings is 1. The monoisotopic (exact) mass is 527 g/mol. The smallest absolute Gasteiger partial charge is 0.259 e. The highest BCUT2D eigenvalue weighted by Gasteiger charge is 2.36. The van der Waals surface area contributed by atoms with Crippen molar-refractivity contribution in [2.45, 2.75) is 65.3 Å². The molecule has 7 nitrogen and oxygen atoms in total. The van der Waals surface area contributed by atoms with Crippen molar-refractivity contribution in [3.8, 4) is 0 Å². The van der Waals surface area contributed by atoms with Gasteiger partial charge in [-0.05, 0) is 82.4 Å². The molecule has 2 aliphatic rings. The summed E-state index contributed by atoms with van der Waals surface area (Å²) in [5.74, 6) is -0.0764. The zero-order chi connectivity index (χ0) is 27.6. The molecule has 1 amide bonds. The lowest BCUT2D eigenvalue weighted by molar-refractivity contribution is 0.0909. The van der Waals surface area contributed by atoms with Gasteiger partial charge in [0.05, 0.1) is 28.7 Å². The fourth-order valence-corrected chi connectivity index (χ4v) is 6.24. The van der Waals surface area contributed by atoms with E-state index >= 15 is 0 Å². The Labute approximate surface area is 230 Å². The number of amides is 1. The average Bonchev–Trinajstić information content (AvgIpc) is 3.19. The van der Waals surface area contributed by atoms with E-state index in [9.17, 15) is 9.59 Å². The molecule has 0 spiro atoms. The summed E-state index contributed by atoms with van der Waals surface area (Å²) >= 11 is 0. The molecule has 1 unspecified atom stereocenters. The number of allylic oxidation sites excluding steroid dienone is 5. The maximum atomic E-state index is 13.8. The Balaban J connectivity index is 1.51. The Kier molecular flexibility index (Phi) is 7.89. The molecule has 2 N–H and O–H groups in total. The van der Waals surface area contributed by atoms with Gasteiger partial charge in [-0.25, -0.2) is 0 Å². The molecule has 0 bridgehead atoms. The van der Waals surface area contributed by atoms with E-state index < -0.39 is 0 Å². The molecule has 39 heavy (non-hydrogen) atoms. The van der Waals surface area contributed by atoms with Crippen LogP contribution in [0.1, 0.15) is 74.3 Å². The molecule has 3 heterocycles. The maximum Gasteiger partial charge on any atom is 0.259 e. The summed E-state index contributed by atoms with van der Waals surface area (Å²) < 4.78 is 2.00. The highest BCUT2D eigenvalue weighted by atomic mass is 16.1. The van der Waals surface area contributed by atoms with Crippen LogP contribution in [0.2, 0.25) is 0 Å². The second-order valence-electron chi connectivity index (χ2n) is 11.3. The number of carbonyl (C=O) groups is 1. The van der Waals surface area contributed by atoms with Crippen LogP contribution in [0.5, 0.6) is 0 Å². The molecule has 1 aromatic carbocycles. The standard InChI is InChI=1S/C32H41N5O2/c1-5-11-24(6-2)37-29-26-19-25(22(3)18-28(26)35-31(39)27(29)20-34-37)30(38)33-21-32(14-16-36(4)17-15-32)23-12-9-7-8-10-13-23/h7,9-10,12-13,18-20,24H,5-6,8,11,14-17,21H2,1-4H3,(H,33,38)(H,35,39). The number of H-pyrrole nitrogens is 1. The van der Waals surface area contributed by atoms with Crippen molar-refractivity contribution < 1.29 is 4.79 Å². The first kappa shape index (κ1) is 27.1. The van der Waals surface area contributed by atoms with E-state index in [0.29, 0.717) is 17.5 Å². The van der Waals surface area contributed by atoms with E-state index in [4.69, 9.17) is 0 Å². The van der Waals surface area contributed by atoms with Gasteiger partial charge in [0.25, 0.3) is 11.5 Å². The van der Waals surface area contributed by atoms with E-state index in [1.165, 1.54) is 5.57 Å². The van der Waals surface area contributed by atoms with Crippen LogP contribution in [0, 0.1) is 12.3 Å². The van der Waals surface area contributed by atoms with Gasteiger partial charge >= 0.3 is 0 Å². The number of aryl methyl sites for hydroxylation is 1.